The van der Waals surface area contributed by atoms with Crippen molar-refractivity contribution in [3.63, 3.8) is 0 Å². The summed E-state index contributed by atoms with van der Waals surface area (Å²) in [6.45, 7) is 6.09. The van der Waals surface area contributed by atoms with E-state index in [9.17, 15) is 4.79 Å². The highest BCUT2D eigenvalue weighted by Gasteiger charge is 2.25. The van der Waals surface area contributed by atoms with E-state index < -0.39 is 5.92 Å². The van der Waals surface area contributed by atoms with Crippen LogP contribution in [-0.4, -0.2) is 26.5 Å². The lowest BCUT2D eigenvalue weighted by atomic mass is 9.96. The highest BCUT2D eigenvalue weighted by Crippen LogP contribution is 2.21. The molecule has 0 unspecified atom stereocenters. The van der Waals surface area contributed by atoms with Gasteiger partial charge in [-0.15, -0.1) is 10.2 Å². The largest absolute Gasteiger partial charge is 0.325 e. The molecule has 0 radical (unpaired) electrons. The summed E-state index contributed by atoms with van der Waals surface area (Å²) in [4.78, 5) is 12.9. The first-order valence-corrected chi connectivity index (χ1v) is 8.20. The van der Waals surface area contributed by atoms with Crippen molar-refractivity contribution < 1.29 is 4.79 Å². The summed E-state index contributed by atoms with van der Waals surface area (Å²) in [7, 11) is 0. The molecule has 3 aromatic rings. The van der Waals surface area contributed by atoms with Crippen molar-refractivity contribution >= 4 is 11.6 Å². The number of hydrogen-bond acceptors (Lipinski definition) is 4. The normalized spacial score (nSPS) is 12.0. The summed E-state index contributed by atoms with van der Waals surface area (Å²) in [5, 5.41) is 17.0. The second-order valence-electron chi connectivity index (χ2n) is 6.30. The average Bonchev–Trinajstić information content (AvgIpc) is 3.10. The van der Waals surface area contributed by atoms with Crippen LogP contribution in [0.1, 0.15) is 34.0 Å². The summed E-state index contributed by atoms with van der Waals surface area (Å²) in [5.41, 5.74) is 5.30. The van der Waals surface area contributed by atoms with Crippen molar-refractivity contribution in [1.82, 2.24) is 20.6 Å². The molecule has 3 rings (SSSR count). The zero-order valence-corrected chi connectivity index (χ0v) is 14.6. The van der Waals surface area contributed by atoms with E-state index in [1.165, 1.54) is 5.56 Å². The molecule has 0 aliphatic rings. The molecule has 0 saturated carbocycles. The number of tetrazole rings is 1. The number of rotatable bonds is 5. The zero-order valence-electron chi connectivity index (χ0n) is 14.6. The molecule has 128 valence electrons. The van der Waals surface area contributed by atoms with Crippen LogP contribution in [0.15, 0.2) is 42.5 Å². The maximum Gasteiger partial charge on any atom is 0.235 e. The quantitative estimate of drug-likeness (QED) is 0.750. The number of hydrogen-bond donors (Lipinski definition) is 2. The molecule has 2 aromatic carbocycles. The van der Waals surface area contributed by atoms with Crippen LogP contribution in [0, 0.1) is 20.8 Å². The minimum atomic E-state index is -0.512. The van der Waals surface area contributed by atoms with Crippen molar-refractivity contribution in [2.45, 2.75) is 33.1 Å². The monoisotopic (exact) mass is 335 g/mol. The summed E-state index contributed by atoms with van der Waals surface area (Å²) >= 11 is 0. The number of nitrogens with zero attached hydrogens (tertiary/aromatic N) is 3. The van der Waals surface area contributed by atoms with Gasteiger partial charge in [0.15, 0.2) is 5.82 Å². The lowest BCUT2D eigenvalue weighted by molar-refractivity contribution is -0.117. The number of aromatic nitrogens is 4. The number of benzene rings is 2. The van der Waals surface area contributed by atoms with Gasteiger partial charge in [-0.3, -0.25) is 4.79 Å². The molecule has 1 atom stereocenters. The van der Waals surface area contributed by atoms with Crippen LogP contribution in [0.4, 0.5) is 5.69 Å². The van der Waals surface area contributed by atoms with Crippen LogP contribution < -0.4 is 5.32 Å². The molecule has 0 aliphatic carbocycles. The molecule has 2 N–H and O–H groups in total. The first-order valence-electron chi connectivity index (χ1n) is 8.20. The van der Waals surface area contributed by atoms with Gasteiger partial charge in [-0.2, -0.15) is 5.21 Å². The maximum absolute atomic E-state index is 12.9. The van der Waals surface area contributed by atoms with Gasteiger partial charge in [0, 0.05) is 5.69 Å². The fourth-order valence-electron chi connectivity index (χ4n) is 2.74. The predicted octanol–water partition coefficient (Wildman–Crippen LogP) is 3.09. The van der Waals surface area contributed by atoms with Crippen LogP contribution in [-0.2, 0) is 11.2 Å². The number of carbonyl (C=O) groups excluding carboxylic acids is 1. The van der Waals surface area contributed by atoms with Crippen molar-refractivity contribution in [2.75, 3.05) is 5.32 Å². The Labute approximate surface area is 146 Å². The summed E-state index contributed by atoms with van der Waals surface area (Å²) in [6, 6.07) is 13.9. The van der Waals surface area contributed by atoms with E-state index in [0.717, 1.165) is 22.4 Å². The van der Waals surface area contributed by atoms with Gasteiger partial charge in [-0.25, -0.2) is 0 Å². The van der Waals surface area contributed by atoms with E-state index >= 15 is 0 Å². The molecule has 0 aliphatic heterocycles. The Kier molecular flexibility index (Phi) is 4.88. The molecular formula is C19H21N5O. The summed E-state index contributed by atoms with van der Waals surface area (Å²) in [6.07, 6.45) is 0.512. The van der Waals surface area contributed by atoms with E-state index in [2.05, 4.69) is 32.0 Å². The van der Waals surface area contributed by atoms with Gasteiger partial charge >= 0.3 is 0 Å². The third-order valence-corrected chi connectivity index (χ3v) is 4.29. The molecule has 0 spiro atoms. The first-order chi connectivity index (χ1) is 12.0. The molecule has 0 fully saturated rings. The van der Waals surface area contributed by atoms with E-state index in [-0.39, 0.29) is 5.91 Å². The van der Waals surface area contributed by atoms with E-state index in [1.54, 1.807) is 0 Å². The Balaban J connectivity index is 1.83. The van der Waals surface area contributed by atoms with Gasteiger partial charge in [-0.1, -0.05) is 41.1 Å². The second-order valence-corrected chi connectivity index (χ2v) is 6.30. The number of anilines is 1. The van der Waals surface area contributed by atoms with Crippen molar-refractivity contribution in [3.05, 3.63) is 70.5 Å². The van der Waals surface area contributed by atoms with Crippen LogP contribution in [0.3, 0.4) is 0 Å². The topological polar surface area (TPSA) is 83.6 Å². The Morgan fingerprint density at radius 1 is 1.12 bits per heavy atom. The van der Waals surface area contributed by atoms with Gasteiger partial charge in [0.05, 0.1) is 0 Å². The second kappa shape index (κ2) is 7.25. The average molecular weight is 335 g/mol. The molecule has 0 saturated heterocycles. The molecule has 6 nitrogen and oxygen atoms in total. The van der Waals surface area contributed by atoms with Crippen LogP contribution >= 0.6 is 0 Å². The molecule has 1 aromatic heterocycles. The molecule has 0 bridgehead atoms. The van der Waals surface area contributed by atoms with E-state index in [1.807, 2.05) is 57.2 Å². The maximum atomic E-state index is 12.9. The van der Waals surface area contributed by atoms with Crippen LogP contribution in [0.2, 0.25) is 0 Å². The molecular weight excluding hydrogens is 314 g/mol. The zero-order chi connectivity index (χ0) is 17.8. The minimum Gasteiger partial charge on any atom is -0.325 e. The van der Waals surface area contributed by atoms with Crippen LogP contribution in [0.25, 0.3) is 0 Å². The first kappa shape index (κ1) is 16.8. The number of carbonyl (C=O) groups is 1. The highest BCUT2D eigenvalue weighted by atomic mass is 16.1. The van der Waals surface area contributed by atoms with Crippen molar-refractivity contribution in [3.8, 4) is 0 Å². The van der Waals surface area contributed by atoms with Crippen molar-refractivity contribution in [1.29, 1.82) is 0 Å². The predicted molar refractivity (Wildman–Crippen MR) is 96.3 cm³/mol. The van der Waals surface area contributed by atoms with Gasteiger partial charge in [-0.05, 0) is 56.0 Å². The SMILES string of the molecule is Cc1cccc(C[C@@H](C(=O)Nc2ccc(C)c(C)c2)c2nn[nH]n2)c1. The highest BCUT2D eigenvalue weighted by molar-refractivity contribution is 5.95. The summed E-state index contributed by atoms with van der Waals surface area (Å²) < 4.78 is 0. The lowest BCUT2D eigenvalue weighted by Gasteiger charge is -2.15. The van der Waals surface area contributed by atoms with E-state index in [0.29, 0.717) is 12.2 Å². The fourth-order valence-corrected chi connectivity index (χ4v) is 2.74. The Hall–Kier alpha value is -3.02. The van der Waals surface area contributed by atoms with Gasteiger partial charge in [0.25, 0.3) is 0 Å². The van der Waals surface area contributed by atoms with Gasteiger partial charge in [0.1, 0.15) is 5.92 Å². The number of aryl methyl sites for hydroxylation is 3. The van der Waals surface area contributed by atoms with Gasteiger partial charge in [0.2, 0.25) is 5.91 Å². The number of H-pyrrole nitrogens is 1. The molecule has 25 heavy (non-hydrogen) atoms. The van der Waals surface area contributed by atoms with E-state index in [4.69, 9.17) is 0 Å². The molecule has 1 heterocycles. The van der Waals surface area contributed by atoms with Crippen LogP contribution in [0.5, 0.6) is 0 Å². The Bertz CT molecular complexity index is 873. The van der Waals surface area contributed by atoms with Gasteiger partial charge < -0.3 is 5.32 Å². The fraction of sp³-hybridized carbons (Fsp3) is 0.263. The number of amides is 1. The van der Waals surface area contributed by atoms with Crippen molar-refractivity contribution in [2.24, 2.45) is 0 Å². The molecule has 6 heteroatoms. The number of aromatic amines is 1. The molecule has 1 amide bonds. The Morgan fingerprint density at radius 2 is 1.96 bits per heavy atom. The number of nitrogens with one attached hydrogen (secondary N) is 2. The Morgan fingerprint density at radius 3 is 2.64 bits per heavy atom. The lowest BCUT2D eigenvalue weighted by Crippen LogP contribution is -2.24. The third-order valence-electron chi connectivity index (χ3n) is 4.29. The minimum absolute atomic E-state index is 0.147. The summed E-state index contributed by atoms with van der Waals surface area (Å²) in [5.74, 6) is -0.267. The standard InChI is InChI=1S/C19H21N5O/c1-12-5-4-6-15(9-12)11-17(18-21-23-24-22-18)19(25)20-16-8-7-13(2)14(3)10-16/h4-10,17H,11H2,1-3H3,(H,20,25)(H,21,22,23,24)/t17-/m1/s1. The third kappa shape index (κ3) is 4.09. The smallest absolute Gasteiger partial charge is 0.235 e.